The van der Waals surface area contributed by atoms with E-state index in [1.54, 1.807) is 18.2 Å². The first kappa shape index (κ1) is 17.2. The van der Waals surface area contributed by atoms with Crippen LogP contribution in [0.15, 0.2) is 18.2 Å². The Labute approximate surface area is 154 Å². The molecule has 1 amide bonds. The summed E-state index contributed by atoms with van der Waals surface area (Å²) in [5.74, 6) is -0.0943. The Morgan fingerprint density at radius 3 is 2.26 bits per heavy atom. The first-order valence-corrected chi connectivity index (χ1v) is 9.20. The Bertz CT molecular complexity index is 700. The fourth-order valence-corrected chi connectivity index (χ4v) is 6.30. The third kappa shape index (κ3) is 1.95. The summed E-state index contributed by atoms with van der Waals surface area (Å²) in [5, 5.41) is 3.65. The lowest BCUT2D eigenvalue weighted by atomic mass is 9.64. The van der Waals surface area contributed by atoms with Crippen molar-refractivity contribution in [1.82, 2.24) is 0 Å². The molecule has 1 aromatic carbocycles. The van der Waals surface area contributed by atoms with Crippen LogP contribution in [0.1, 0.15) is 33.6 Å². The first-order chi connectivity index (χ1) is 10.6. The molecule has 6 heteroatoms. The van der Waals surface area contributed by atoms with Crippen molar-refractivity contribution in [2.75, 3.05) is 5.32 Å². The summed E-state index contributed by atoms with van der Waals surface area (Å²) in [6.45, 7) is 5.98. The second kappa shape index (κ2) is 5.21. The molecule has 2 fully saturated rings. The van der Waals surface area contributed by atoms with Gasteiger partial charge in [-0.1, -0.05) is 66.0 Å². The molecule has 3 nitrogen and oxygen atoms in total. The molecule has 3 atom stereocenters. The molecule has 2 aliphatic carbocycles. The van der Waals surface area contributed by atoms with Crippen molar-refractivity contribution in [2.45, 2.75) is 38.4 Å². The van der Waals surface area contributed by atoms with Gasteiger partial charge in [0, 0.05) is 5.41 Å². The van der Waals surface area contributed by atoms with Gasteiger partial charge in [0.1, 0.15) is 0 Å². The number of anilines is 1. The minimum Gasteiger partial charge on any atom is -0.323 e. The van der Waals surface area contributed by atoms with Gasteiger partial charge >= 0.3 is 0 Å². The number of carbonyl (C=O) groups excluding carboxylic acids is 2. The van der Waals surface area contributed by atoms with Gasteiger partial charge < -0.3 is 5.32 Å². The van der Waals surface area contributed by atoms with Crippen LogP contribution < -0.4 is 5.32 Å². The highest BCUT2D eigenvalue weighted by Gasteiger charge is 2.76. The van der Waals surface area contributed by atoms with Crippen LogP contribution in [0.5, 0.6) is 0 Å². The number of Topliss-reactive ketones (excluding diaryl/α,β-unsaturated/α-hetero) is 1. The van der Waals surface area contributed by atoms with E-state index in [0.29, 0.717) is 28.6 Å². The maximum absolute atomic E-state index is 13.2. The Kier molecular flexibility index (Phi) is 3.90. The fraction of sp³-hybridized carbons (Fsp3) is 0.529. The van der Waals surface area contributed by atoms with Crippen LogP contribution in [0.25, 0.3) is 0 Å². The Balaban J connectivity index is 2.04. The van der Waals surface area contributed by atoms with Gasteiger partial charge in [-0.2, -0.15) is 0 Å². The van der Waals surface area contributed by atoms with Gasteiger partial charge in [-0.15, -0.1) is 0 Å². The number of rotatable bonds is 2. The van der Waals surface area contributed by atoms with Crippen LogP contribution >= 0.6 is 39.1 Å². The minimum absolute atomic E-state index is 0.106. The van der Waals surface area contributed by atoms with Crippen LogP contribution in [-0.4, -0.2) is 16.5 Å². The van der Waals surface area contributed by atoms with E-state index in [1.165, 1.54) is 0 Å². The van der Waals surface area contributed by atoms with E-state index < -0.39 is 21.1 Å². The van der Waals surface area contributed by atoms with E-state index in [-0.39, 0.29) is 11.7 Å². The molecule has 1 N–H and O–H groups in total. The number of carbonyl (C=O) groups is 2. The average molecular weight is 419 g/mol. The molecule has 0 saturated heterocycles. The molecule has 3 rings (SSSR count). The molecule has 1 aromatic rings. The van der Waals surface area contributed by atoms with Crippen LogP contribution in [-0.2, 0) is 9.59 Å². The average Bonchev–Trinajstić information content (AvgIpc) is 2.75. The van der Waals surface area contributed by atoms with Crippen LogP contribution in [0.2, 0.25) is 10.0 Å². The standard InChI is InChI=1S/C17H18BrCl2NO2/c1-15(2)16(3)7-8-17(15,12(18)13(16)22)14(23)21-11-9(19)5-4-6-10(11)20/h4-6,12H,7-8H2,1-3H3,(H,21,23)/t12-,16+,17-/m0/s1. The molecular formula is C17H18BrCl2NO2. The summed E-state index contributed by atoms with van der Waals surface area (Å²) in [6, 6.07) is 5.08. The van der Waals surface area contributed by atoms with Crippen LogP contribution in [0.4, 0.5) is 5.69 Å². The van der Waals surface area contributed by atoms with Crippen molar-refractivity contribution in [3.63, 3.8) is 0 Å². The molecule has 2 aliphatic rings. The van der Waals surface area contributed by atoms with Gasteiger partial charge in [-0.3, -0.25) is 9.59 Å². The van der Waals surface area contributed by atoms with E-state index in [1.807, 2.05) is 20.8 Å². The zero-order chi connectivity index (χ0) is 17.2. The molecule has 0 heterocycles. The van der Waals surface area contributed by atoms with Gasteiger partial charge in [-0.05, 0) is 30.4 Å². The largest absolute Gasteiger partial charge is 0.323 e. The first-order valence-electron chi connectivity index (χ1n) is 7.53. The van der Waals surface area contributed by atoms with Crippen molar-refractivity contribution >= 4 is 56.5 Å². The van der Waals surface area contributed by atoms with Crippen molar-refractivity contribution < 1.29 is 9.59 Å². The number of ketones is 1. The normalized spacial score (nSPS) is 34.7. The lowest BCUT2D eigenvalue weighted by molar-refractivity contribution is -0.130. The lowest BCUT2D eigenvalue weighted by Gasteiger charge is -2.39. The summed E-state index contributed by atoms with van der Waals surface area (Å²) in [4.78, 5) is 25.4. The fourth-order valence-electron chi connectivity index (χ4n) is 4.30. The van der Waals surface area contributed by atoms with E-state index in [4.69, 9.17) is 23.2 Å². The molecule has 0 spiro atoms. The van der Waals surface area contributed by atoms with Crippen molar-refractivity contribution in [3.8, 4) is 0 Å². The van der Waals surface area contributed by atoms with Crippen molar-refractivity contribution in [1.29, 1.82) is 0 Å². The number of halogens is 3. The highest BCUT2D eigenvalue weighted by atomic mass is 79.9. The second-order valence-electron chi connectivity index (χ2n) is 7.21. The third-order valence-corrected chi connectivity index (χ3v) is 8.15. The molecule has 2 bridgehead atoms. The number of benzene rings is 1. The maximum atomic E-state index is 13.2. The number of para-hydroxylation sites is 1. The van der Waals surface area contributed by atoms with Crippen LogP contribution in [0, 0.1) is 16.2 Å². The molecule has 0 aromatic heterocycles. The SMILES string of the molecule is CC1(C)[C@]2(C)CC[C@@]1(C(=O)Nc1c(Cl)cccc1Cl)[C@@H](Br)C2=O. The summed E-state index contributed by atoms with van der Waals surface area (Å²) in [6.07, 6.45) is 1.37. The van der Waals surface area contributed by atoms with Gasteiger partial charge in [-0.25, -0.2) is 0 Å². The number of alkyl halides is 1. The summed E-state index contributed by atoms with van der Waals surface area (Å²) in [5.41, 5.74) is -1.36. The van der Waals surface area contributed by atoms with E-state index in [9.17, 15) is 9.59 Å². The highest BCUT2D eigenvalue weighted by molar-refractivity contribution is 9.10. The molecule has 23 heavy (non-hydrogen) atoms. The maximum Gasteiger partial charge on any atom is 0.232 e. The molecular weight excluding hydrogens is 401 g/mol. The zero-order valence-electron chi connectivity index (χ0n) is 13.2. The van der Waals surface area contributed by atoms with E-state index in [2.05, 4.69) is 21.2 Å². The number of hydrogen-bond donors (Lipinski definition) is 1. The van der Waals surface area contributed by atoms with Crippen molar-refractivity contribution in [2.24, 2.45) is 16.2 Å². The smallest absolute Gasteiger partial charge is 0.232 e. The Morgan fingerprint density at radius 2 is 1.78 bits per heavy atom. The topological polar surface area (TPSA) is 46.2 Å². The van der Waals surface area contributed by atoms with E-state index >= 15 is 0 Å². The number of nitrogens with one attached hydrogen (secondary N) is 1. The zero-order valence-corrected chi connectivity index (χ0v) is 16.3. The summed E-state index contributed by atoms with van der Waals surface area (Å²) in [7, 11) is 0. The minimum atomic E-state index is -0.804. The lowest BCUT2D eigenvalue weighted by Crippen LogP contribution is -2.48. The van der Waals surface area contributed by atoms with Gasteiger partial charge in [0.15, 0.2) is 5.78 Å². The van der Waals surface area contributed by atoms with E-state index in [0.717, 1.165) is 0 Å². The number of amides is 1. The summed E-state index contributed by atoms with van der Waals surface area (Å²) >= 11 is 15.8. The molecule has 0 aliphatic heterocycles. The highest BCUT2D eigenvalue weighted by Crippen LogP contribution is 2.72. The monoisotopic (exact) mass is 417 g/mol. The third-order valence-electron chi connectivity index (χ3n) is 6.33. The molecule has 2 saturated carbocycles. The van der Waals surface area contributed by atoms with Crippen LogP contribution in [0.3, 0.4) is 0 Å². The van der Waals surface area contributed by atoms with Gasteiger partial charge in [0.25, 0.3) is 0 Å². The molecule has 0 radical (unpaired) electrons. The van der Waals surface area contributed by atoms with Gasteiger partial charge in [0.2, 0.25) is 5.91 Å². The Morgan fingerprint density at radius 1 is 1.22 bits per heavy atom. The van der Waals surface area contributed by atoms with Gasteiger partial charge in [0.05, 0.1) is 26.0 Å². The number of fused-ring (bicyclic) bond motifs is 2. The Hall–Kier alpha value is -0.580. The predicted octanol–water partition coefficient (Wildman–Crippen LogP) is 5.09. The molecule has 0 unspecified atom stereocenters. The predicted molar refractivity (Wildman–Crippen MR) is 96.4 cm³/mol. The second-order valence-corrected chi connectivity index (χ2v) is 8.94. The number of hydrogen-bond acceptors (Lipinski definition) is 2. The summed E-state index contributed by atoms with van der Waals surface area (Å²) < 4.78 is 0. The molecule has 124 valence electrons. The van der Waals surface area contributed by atoms with Crippen molar-refractivity contribution in [3.05, 3.63) is 28.2 Å². The quantitative estimate of drug-likeness (QED) is 0.679.